The van der Waals surface area contributed by atoms with E-state index in [0.29, 0.717) is 31.8 Å². The van der Waals surface area contributed by atoms with Crippen molar-refractivity contribution in [2.75, 3.05) is 13.2 Å². The minimum Gasteiger partial charge on any atom is -0.394 e. The zero-order valence-corrected chi connectivity index (χ0v) is 36.8. The standard InChI is InChI=1S/C45H72O17/c1-19-9-14-45(55-18-19)20(2)29-27(62-45)16-44(54)26-8-7-23-15-24(10-12-42(23,5)25(26)11-13-43(29,44)6)58-41-38(61-40-35(52)33(50)31(48)22(4)57-40)36(53)37(28(17-46)59-41)60-39-34(51)32(49)30(47)21(3)56-39/h7,19-22,24-41,46-54H,8-18H2,1-6H3/t19-,20-,21-,22-,24-,25-,26+,27-,28+,29-,30-,31-,32+,33+,34+,35+,36-,37+,38+,39-,40-,41+,42-,43+,44+,45+/m0/s1. The van der Waals surface area contributed by atoms with Crippen molar-refractivity contribution in [3.63, 3.8) is 0 Å². The SMILES string of the molecule is C[C@H]1CC[C@@]2(OC1)O[C@H]1C[C@@]3(O)[C@@H]4CC=C5C[C@@H](O[C@@H]6O[C@H](CO)[C@@H](O[C@@H]7O[C@@H](C)[C@H](O)[C@@H](O)[C@H]7O)[C@H](O)[C@H]6O[C@@H]6O[C@@H](C)[C@H](O)[C@@H](O)[C@H]6O)CC[C@]5(C)[C@H]4CC[C@]3(C)[C@H]1[C@@H]2C. The summed E-state index contributed by atoms with van der Waals surface area (Å²) < 4.78 is 49.9. The van der Waals surface area contributed by atoms with Gasteiger partial charge in [0.1, 0.15) is 61.0 Å². The molecule has 8 fully saturated rings. The lowest BCUT2D eigenvalue weighted by atomic mass is 9.45. The fourth-order valence-electron chi connectivity index (χ4n) is 13.9. The summed E-state index contributed by atoms with van der Waals surface area (Å²) in [5.74, 6) is 0.639. The molecule has 5 saturated heterocycles. The molecule has 354 valence electrons. The van der Waals surface area contributed by atoms with Crippen LogP contribution in [-0.2, 0) is 37.9 Å². The highest BCUT2D eigenvalue weighted by atomic mass is 16.8. The van der Waals surface area contributed by atoms with Gasteiger partial charge in [-0.1, -0.05) is 39.3 Å². The summed E-state index contributed by atoms with van der Waals surface area (Å²) in [7, 11) is 0. The van der Waals surface area contributed by atoms with E-state index in [2.05, 4.69) is 33.8 Å². The van der Waals surface area contributed by atoms with E-state index < -0.39 is 116 Å². The van der Waals surface area contributed by atoms with Crippen LogP contribution in [-0.4, -0.2) is 175 Å². The Labute approximate surface area is 363 Å². The Hall–Kier alpha value is -0.940. The normalized spacial score (nSPS) is 58.9. The number of hydrogen-bond acceptors (Lipinski definition) is 17. The molecule has 17 nitrogen and oxygen atoms in total. The van der Waals surface area contributed by atoms with E-state index >= 15 is 0 Å². The van der Waals surface area contributed by atoms with Crippen molar-refractivity contribution in [2.24, 2.45) is 40.4 Å². The largest absolute Gasteiger partial charge is 0.394 e. The topological polar surface area (TPSA) is 256 Å². The van der Waals surface area contributed by atoms with Crippen molar-refractivity contribution in [1.29, 1.82) is 0 Å². The molecule has 0 unspecified atom stereocenters. The molecule has 0 amide bonds. The Bertz CT molecular complexity index is 1640. The molecule has 5 heterocycles. The van der Waals surface area contributed by atoms with Crippen LogP contribution >= 0.6 is 0 Å². The van der Waals surface area contributed by atoms with Crippen LogP contribution in [0.3, 0.4) is 0 Å². The van der Waals surface area contributed by atoms with Crippen molar-refractivity contribution in [1.82, 2.24) is 0 Å². The monoisotopic (exact) mass is 884 g/mol. The lowest BCUT2D eigenvalue weighted by Crippen LogP contribution is -2.66. The number of fused-ring (bicyclic) bond motifs is 7. The molecule has 5 aliphatic heterocycles. The second-order valence-electron chi connectivity index (χ2n) is 21.2. The molecule has 17 heteroatoms. The molecule has 4 aliphatic carbocycles. The summed E-state index contributed by atoms with van der Waals surface area (Å²) in [5, 5.41) is 98.9. The van der Waals surface area contributed by atoms with Crippen LogP contribution in [0.2, 0.25) is 0 Å². The molecule has 9 N–H and O–H groups in total. The predicted octanol–water partition coefficient (Wildman–Crippen LogP) is 0.357. The van der Waals surface area contributed by atoms with Crippen LogP contribution < -0.4 is 0 Å². The molecular formula is C45H72O17. The number of rotatable bonds is 7. The van der Waals surface area contributed by atoms with Crippen molar-refractivity contribution in [3.05, 3.63) is 11.6 Å². The van der Waals surface area contributed by atoms with Crippen molar-refractivity contribution < 1.29 is 83.9 Å². The third-order valence-corrected chi connectivity index (χ3v) is 17.8. The van der Waals surface area contributed by atoms with Gasteiger partial charge in [0.15, 0.2) is 24.7 Å². The van der Waals surface area contributed by atoms with Crippen molar-refractivity contribution >= 4 is 0 Å². The highest BCUT2D eigenvalue weighted by molar-refractivity contribution is 5.29. The summed E-state index contributed by atoms with van der Waals surface area (Å²) in [4.78, 5) is 0. The first-order valence-corrected chi connectivity index (χ1v) is 23.3. The van der Waals surface area contributed by atoms with E-state index in [4.69, 9.17) is 37.9 Å². The molecule has 0 bridgehead atoms. The molecule has 9 aliphatic rings. The molecular weight excluding hydrogens is 812 g/mol. The number of allylic oxidation sites excluding steroid dienone is 1. The van der Waals surface area contributed by atoms with Gasteiger partial charge in [-0.3, -0.25) is 0 Å². The van der Waals surface area contributed by atoms with E-state index in [1.807, 2.05) is 0 Å². The highest BCUT2D eigenvalue weighted by Crippen LogP contribution is 2.72. The summed E-state index contributed by atoms with van der Waals surface area (Å²) >= 11 is 0. The smallest absolute Gasteiger partial charge is 0.187 e. The van der Waals surface area contributed by atoms with Gasteiger partial charge in [-0.25, -0.2) is 0 Å². The molecule has 1 spiro atoms. The first kappa shape index (κ1) is 46.2. The van der Waals surface area contributed by atoms with Gasteiger partial charge >= 0.3 is 0 Å². The molecule has 0 aromatic carbocycles. The van der Waals surface area contributed by atoms with E-state index in [1.54, 1.807) is 0 Å². The Kier molecular flexibility index (Phi) is 12.4. The molecule has 9 rings (SSSR count). The molecule has 0 aromatic rings. The average molecular weight is 885 g/mol. The van der Waals surface area contributed by atoms with E-state index in [9.17, 15) is 46.0 Å². The van der Waals surface area contributed by atoms with E-state index in [-0.39, 0.29) is 40.6 Å². The minimum absolute atomic E-state index is 0.0526. The van der Waals surface area contributed by atoms with Gasteiger partial charge in [0.05, 0.1) is 43.2 Å². The zero-order chi connectivity index (χ0) is 44.4. The van der Waals surface area contributed by atoms with Crippen LogP contribution in [0.5, 0.6) is 0 Å². The molecule has 26 atom stereocenters. The predicted molar refractivity (Wildman–Crippen MR) is 214 cm³/mol. The van der Waals surface area contributed by atoms with Gasteiger partial charge in [-0.2, -0.15) is 0 Å². The van der Waals surface area contributed by atoms with Gasteiger partial charge in [-0.05, 0) is 82.0 Å². The third kappa shape index (κ3) is 7.13. The van der Waals surface area contributed by atoms with E-state index in [1.165, 1.54) is 19.4 Å². The summed E-state index contributed by atoms with van der Waals surface area (Å²) in [6.07, 6.45) is -12.9. The second kappa shape index (κ2) is 16.7. The molecule has 3 saturated carbocycles. The van der Waals surface area contributed by atoms with Gasteiger partial charge in [-0.15, -0.1) is 0 Å². The van der Waals surface area contributed by atoms with Gasteiger partial charge in [0.25, 0.3) is 0 Å². The highest BCUT2D eigenvalue weighted by Gasteiger charge is 2.74. The average Bonchev–Trinajstić information content (AvgIpc) is 3.64. The van der Waals surface area contributed by atoms with Crippen molar-refractivity contribution in [3.8, 4) is 0 Å². The van der Waals surface area contributed by atoms with Crippen LogP contribution in [0, 0.1) is 40.4 Å². The van der Waals surface area contributed by atoms with Gasteiger partial charge in [0, 0.05) is 30.1 Å². The zero-order valence-electron chi connectivity index (χ0n) is 36.8. The number of hydrogen-bond donors (Lipinski definition) is 9. The Morgan fingerprint density at radius 3 is 1.95 bits per heavy atom. The van der Waals surface area contributed by atoms with Crippen molar-refractivity contribution in [2.45, 2.75) is 215 Å². The fourth-order valence-corrected chi connectivity index (χ4v) is 13.9. The number of aliphatic hydroxyl groups excluding tert-OH is 8. The van der Waals surface area contributed by atoms with Gasteiger partial charge < -0.3 is 83.9 Å². The van der Waals surface area contributed by atoms with Crippen LogP contribution in [0.15, 0.2) is 11.6 Å². The summed E-state index contributed by atoms with van der Waals surface area (Å²) in [6, 6.07) is 0. The maximum absolute atomic E-state index is 13.0. The number of aliphatic hydroxyl groups is 9. The van der Waals surface area contributed by atoms with Crippen LogP contribution in [0.1, 0.15) is 99.3 Å². The quantitative estimate of drug-likeness (QED) is 0.157. The van der Waals surface area contributed by atoms with E-state index in [0.717, 1.165) is 38.5 Å². The number of ether oxygens (including phenoxy) is 8. The fraction of sp³-hybridized carbons (Fsp3) is 0.956. The summed E-state index contributed by atoms with van der Waals surface area (Å²) in [5.41, 5.74) is -0.167. The Morgan fingerprint density at radius 1 is 0.694 bits per heavy atom. The molecule has 62 heavy (non-hydrogen) atoms. The maximum atomic E-state index is 13.0. The molecule has 0 aromatic heterocycles. The Morgan fingerprint density at radius 2 is 1.34 bits per heavy atom. The minimum atomic E-state index is -1.73. The van der Waals surface area contributed by atoms with Crippen LogP contribution in [0.25, 0.3) is 0 Å². The Balaban J connectivity index is 0.928. The van der Waals surface area contributed by atoms with Gasteiger partial charge in [0.2, 0.25) is 0 Å². The second-order valence-corrected chi connectivity index (χ2v) is 21.2. The lowest BCUT2D eigenvalue weighted by molar-refractivity contribution is -0.388. The lowest BCUT2D eigenvalue weighted by Gasteiger charge is -2.62. The van der Waals surface area contributed by atoms with Crippen LogP contribution in [0.4, 0.5) is 0 Å². The molecule has 0 radical (unpaired) electrons. The first-order chi connectivity index (χ1) is 29.3. The third-order valence-electron chi connectivity index (χ3n) is 17.8. The summed E-state index contributed by atoms with van der Waals surface area (Å²) in [6.45, 7) is 12.1. The first-order valence-electron chi connectivity index (χ1n) is 23.3. The maximum Gasteiger partial charge on any atom is 0.187 e.